The van der Waals surface area contributed by atoms with Gasteiger partial charge >= 0.3 is 0 Å². The minimum atomic E-state index is -0.177. The number of nitrogens with zero attached hydrogens (tertiary/aromatic N) is 2. The Kier molecular flexibility index (Phi) is 5.82. The summed E-state index contributed by atoms with van der Waals surface area (Å²) in [5.41, 5.74) is 7.53. The lowest BCUT2D eigenvalue weighted by molar-refractivity contribution is 0.0529. The lowest BCUT2D eigenvalue weighted by Gasteiger charge is -2.17. The fraction of sp³-hybridized carbons (Fsp3) is 0.692. The molecule has 6 nitrogen and oxygen atoms in total. The summed E-state index contributed by atoms with van der Waals surface area (Å²) in [7, 11) is 1.72. The number of aryl methyl sites for hydroxylation is 1. The molecule has 0 radical (unpaired) electrons. The predicted molar refractivity (Wildman–Crippen MR) is 75.0 cm³/mol. The third-order valence-electron chi connectivity index (χ3n) is 2.81. The van der Waals surface area contributed by atoms with Gasteiger partial charge in [-0.1, -0.05) is 13.3 Å². The maximum Gasteiger partial charge on any atom is 0.276 e. The highest BCUT2D eigenvalue weighted by atomic mass is 16.5. The molecule has 6 heteroatoms. The van der Waals surface area contributed by atoms with Crippen LogP contribution in [0, 0.1) is 0 Å². The molecule has 1 heterocycles. The molecule has 108 valence electrons. The summed E-state index contributed by atoms with van der Waals surface area (Å²) < 4.78 is 5.42. The number of nitrogens with one attached hydrogen (secondary N) is 1. The van der Waals surface area contributed by atoms with E-state index in [0.717, 1.165) is 18.5 Å². The molecule has 0 aliphatic heterocycles. The molecule has 0 saturated carbocycles. The molecule has 0 spiro atoms. The highest BCUT2D eigenvalue weighted by Crippen LogP contribution is 2.16. The van der Waals surface area contributed by atoms with Gasteiger partial charge in [0.1, 0.15) is 0 Å². The topological polar surface area (TPSA) is 84.2 Å². The number of H-pyrrole nitrogens is 1. The average molecular weight is 268 g/mol. The van der Waals surface area contributed by atoms with Crippen molar-refractivity contribution in [1.82, 2.24) is 15.1 Å². The SMILES string of the molecule is CCCc1[nH]nc(C(=O)N(C)CCOC(C)C)c1N. The fourth-order valence-electron chi connectivity index (χ4n) is 1.70. The number of carbonyl (C=O) groups is 1. The van der Waals surface area contributed by atoms with Gasteiger partial charge in [-0.25, -0.2) is 0 Å². The summed E-state index contributed by atoms with van der Waals surface area (Å²) in [6, 6.07) is 0. The molecule has 3 N–H and O–H groups in total. The number of likely N-dealkylation sites (N-methyl/N-ethyl adjacent to an activating group) is 1. The Bertz CT molecular complexity index is 415. The molecule has 1 rings (SSSR count). The number of ether oxygens (including phenoxy) is 1. The van der Waals surface area contributed by atoms with Gasteiger partial charge in [0.25, 0.3) is 5.91 Å². The summed E-state index contributed by atoms with van der Waals surface area (Å²) in [6.45, 7) is 7.00. The predicted octanol–water partition coefficient (Wildman–Crippen LogP) is 1.44. The number of aromatic amines is 1. The summed E-state index contributed by atoms with van der Waals surface area (Å²) in [6.07, 6.45) is 1.92. The molecule has 19 heavy (non-hydrogen) atoms. The van der Waals surface area contributed by atoms with E-state index < -0.39 is 0 Å². The quantitative estimate of drug-likeness (QED) is 0.783. The molecule has 1 aromatic heterocycles. The van der Waals surface area contributed by atoms with Gasteiger partial charge in [-0.05, 0) is 20.3 Å². The van der Waals surface area contributed by atoms with Crippen molar-refractivity contribution in [2.75, 3.05) is 25.9 Å². The van der Waals surface area contributed by atoms with E-state index in [0.29, 0.717) is 24.5 Å². The summed E-state index contributed by atoms with van der Waals surface area (Å²) in [4.78, 5) is 13.7. The standard InChI is InChI=1S/C13H24N4O2/c1-5-6-10-11(14)12(16-15-10)13(18)17(4)7-8-19-9(2)3/h9H,5-8,14H2,1-4H3,(H,15,16). The Labute approximate surface area is 114 Å². The van der Waals surface area contributed by atoms with Crippen molar-refractivity contribution in [3.63, 3.8) is 0 Å². The van der Waals surface area contributed by atoms with Crippen molar-refractivity contribution in [2.24, 2.45) is 0 Å². The molecular weight excluding hydrogens is 244 g/mol. The van der Waals surface area contributed by atoms with Crippen LogP contribution in [0.4, 0.5) is 5.69 Å². The third-order valence-corrected chi connectivity index (χ3v) is 2.81. The Balaban J connectivity index is 2.61. The minimum Gasteiger partial charge on any atom is -0.395 e. The van der Waals surface area contributed by atoms with Crippen LogP contribution in [0.2, 0.25) is 0 Å². The first-order valence-electron chi connectivity index (χ1n) is 6.67. The van der Waals surface area contributed by atoms with Gasteiger partial charge in [0.05, 0.1) is 24.1 Å². The first-order chi connectivity index (χ1) is 8.97. The van der Waals surface area contributed by atoms with Crippen LogP contribution >= 0.6 is 0 Å². The van der Waals surface area contributed by atoms with E-state index in [-0.39, 0.29) is 12.0 Å². The van der Waals surface area contributed by atoms with Crippen LogP contribution in [0.1, 0.15) is 43.4 Å². The third kappa shape index (κ3) is 4.24. The number of hydrogen-bond acceptors (Lipinski definition) is 4. The number of amides is 1. The Morgan fingerprint density at radius 2 is 2.21 bits per heavy atom. The normalized spacial score (nSPS) is 11.0. The number of hydrogen-bond donors (Lipinski definition) is 2. The van der Waals surface area contributed by atoms with Crippen molar-refractivity contribution < 1.29 is 9.53 Å². The zero-order valence-electron chi connectivity index (χ0n) is 12.2. The van der Waals surface area contributed by atoms with E-state index in [4.69, 9.17) is 10.5 Å². The van der Waals surface area contributed by atoms with Crippen LogP contribution in [0.5, 0.6) is 0 Å². The number of rotatable bonds is 7. The van der Waals surface area contributed by atoms with E-state index in [1.807, 2.05) is 13.8 Å². The van der Waals surface area contributed by atoms with Gasteiger partial charge in [-0.15, -0.1) is 0 Å². The van der Waals surface area contributed by atoms with Gasteiger partial charge in [-0.2, -0.15) is 5.10 Å². The van der Waals surface area contributed by atoms with Crippen molar-refractivity contribution in [1.29, 1.82) is 0 Å². The fourth-order valence-corrected chi connectivity index (χ4v) is 1.70. The molecule has 0 fully saturated rings. The lowest BCUT2D eigenvalue weighted by Crippen LogP contribution is -2.31. The minimum absolute atomic E-state index is 0.162. The van der Waals surface area contributed by atoms with E-state index in [9.17, 15) is 4.79 Å². The highest BCUT2D eigenvalue weighted by Gasteiger charge is 2.20. The van der Waals surface area contributed by atoms with Crippen LogP contribution < -0.4 is 5.73 Å². The molecule has 0 atom stereocenters. The van der Waals surface area contributed by atoms with Gasteiger partial charge in [0.15, 0.2) is 5.69 Å². The average Bonchev–Trinajstić information content (AvgIpc) is 2.70. The second-order valence-electron chi connectivity index (χ2n) is 4.86. The molecule has 0 saturated heterocycles. The van der Waals surface area contributed by atoms with Gasteiger partial charge in [-0.3, -0.25) is 9.89 Å². The summed E-state index contributed by atoms with van der Waals surface area (Å²) >= 11 is 0. The second kappa shape index (κ2) is 7.13. The van der Waals surface area contributed by atoms with E-state index >= 15 is 0 Å². The smallest absolute Gasteiger partial charge is 0.276 e. The molecule has 1 amide bonds. The molecule has 1 aromatic rings. The van der Waals surface area contributed by atoms with Crippen molar-refractivity contribution in [3.05, 3.63) is 11.4 Å². The van der Waals surface area contributed by atoms with Crippen molar-refractivity contribution >= 4 is 11.6 Å². The number of carbonyl (C=O) groups excluding carboxylic acids is 1. The van der Waals surface area contributed by atoms with Crippen molar-refractivity contribution in [3.8, 4) is 0 Å². The van der Waals surface area contributed by atoms with Crippen LogP contribution in [0.25, 0.3) is 0 Å². The molecule has 0 aliphatic carbocycles. The Morgan fingerprint density at radius 1 is 1.53 bits per heavy atom. The number of nitrogens with two attached hydrogens (primary N) is 1. The summed E-state index contributed by atoms with van der Waals surface area (Å²) in [5.74, 6) is -0.177. The highest BCUT2D eigenvalue weighted by molar-refractivity contribution is 5.97. The van der Waals surface area contributed by atoms with Crippen molar-refractivity contribution in [2.45, 2.75) is 39.7 Å². The lowest BCUT2D eigenvalue weighted by atomic mass is 10.2. The Hall–Kier alpha value is -1.56. The maximum absolute atomic E-state index is 12.2. The van der Waals surface area contributed by atoms with Crippen LogP contribution in [-0.2, 0) is 11.2 Å². The van der Waals surface area contributed by atoms with E-state index in [1.165, 1.54) is 0 Å². The Morgan fingerprint density at radius 3 is 2.79 bits per heavy atom. The molecule has 0 aromatic carbocycles. The second-order valence-corrected chi connectivity index (χ2v) is 4.86. The molecular formula is C13H24N4O2. The maximum atomic E-state index is 12.2. The molecule has 0 bridgehead atoms. The van der Waals surface area contributed by atoms with Crippen LogP contribution in [0.15, 0.2) is 0 Å². The van der Waals surface area contributed by atoms with Gasteiger partial charge in [0, 0.05) is 13.6 Å². The molecule has 0 unspecified atom stereocenters. The van der Waals surface area contributed by atoms with Gasteiger partial charge in [0.2, 0.25) is 0 Å². The first kappa shape index (κ1) is 15.5. The number of anilines is 1. The molecule has 0 aliphatic rings. The van der Waals surface area contributed by atoms with Crippen LogP contribution in [0.3, 0.4) is 0 Å². The van der Waals surface area contributed by atoms with Crippen LogP contribution in [-0.4, -0.2) is 47.3 Å². The largest absolute Gasteiger partial charge is 0.395 e. The summed E-state index contributed by atoms with van der Waals surface area (Å²) in [5, 5.41) is 6.85. The van der Waals surface area contributed by atoms with E-state index in [1.54, 1.807) is 11.9 Å². The number of nitrogen functional groups attached to an aromatic ring is 1. The monoisotopic (exact) mass is 268 g/mol. The zero-order chi connectivity index (χ0) is 14.4. The first-order valence-corrected chi connectivity index (χ1v) is 6.67. The van der Waals surface area contributed by atoms with Gasteiger partial charge < -0.3 is 15.4 Å². The zero-order valence-corrected chi connectivity index (χ0v) is 12.2. The van der Waals surface area contributed by atoms with E-state index in [2.05, 4.69) is 17.1 Å². The number of aromatic nitrogens is 2.